The van der Waals surface area contributed by atoms with E-state index in [9.17, 15) is 4.79 Å². The van der Waals surface area contributed by atoms with E-state index in [-0.39, 0.29) is 11.9 Å². The quantitative estimate of drug-likeness (QED) is 0.667. The first-order valence-electron chi connectivity index (χ1n) is 8.68. The van der Waals surface area contributed by atoms with E-state index in [0.717, 1.165) is 24.4 Å². The highest BCUT2D eigenvalue weighted by Gasteiger charge is 2.15. The van der Waals surface area contributed by atoms with Crippen molar-refractivity contribution in [1.82, 2.24) is 35.1 Å². The summed E-state index contributed by atoms with van der Waals surface area (Å²) in [6.45, 7) is 5.05. The van der Waals surface area contributed by atoms with Crippen molar-refractivity contribution in [3.05, 3.63) is 59.9 Å². The summed E-state index contributed by atoms with van der Waals surface area (Å²) in [6.07, 6.45) is 4.87. The molecule has 3 rings (SSSR count). The van der Waals surface area contributed by atoms with Gasteiger partial charge in [0.15, 0.2) is 0 Å². The molecule has 8 nitrogen and oxygen atoms in total. The third-order valence-corrected chi connectivity index (χ3v) is 4.38. The molecule has 0 radical (unpaired) electrons. The van der Waals surface area contributed by atoms with E-state index in [0.29, 0.717) is 18.8 Å². The highest BCUT2D eigenvalue weighted by molar-refractivity contribution is 5.76. The van der Waals surface area contributed by atoms with Gasteiger partial charge in [0.05, 0.1) is 12.6 Å². The van der Waals surface area contributed by atoms with Crippen molar-refractivity contribution in [2.24, 2.45) is 0 Å². The summed E-state index contributed by atoms with van der Waals surface area (Å²) in [5.74, 6) is 1.65. The van der Waals surface area contributed by atoms with Crippen LogP contribution in [0.3, 0.4) is 0 Å². The largest absolute Gasteiger partial charge is 0.349 e. The van der Waals surface area contributed by atoms with Crippen LogP contribution in [-0.2, 0) is 17.9 Å². The van der Waals surface area contributed by atoms with Gasteiger partial charge in [-0.1, -0.05) is 30.3 Å². The molecule has 0 saturated carbocycles. The molecule has 2 aromatic heterocycles. The smallest absolute Gasteiger partial charge is 0.222 e. The van der Waals surface area contributed by atoms with Gasteiger partial charge in [0, 0.05) is 25.4 Å². The predicted molar refractivity (Wildman–Crippen MR) is 96.1 cm³/mol. The molecule has 0 bridgehead atoms. The number of hydrogen-bond donors (Lipinski definition) is 1. The number of carbonyl (C=O) groups excluding carboxylic acids is 1. The summed E-state index contributed by atoms with van der Waals surface area (Å²) in [7, 11) is 0. The lowest BCUT2D eigenvalue weighted by Gasteiger charge is -2.20. The predicted octanol–water partition coefficient (Wildman–Crippen LogP) is 1.82. The monoisotopic (exact) mass is 353 g/mol. The molecule has 1 N–H and O–H groups in total. The topological polar surface area (TPSA) is 90.5 Å². The van der Waals surface area contributed by atoms with Gasteiger partial charge < -0.3 is 9.88 Å². The van der Waals surface area contributed by atoms with Crippen LogP contribution in [0.15, 0.2) is 42.7 Å². The van der Waals surface area contributed by atoms with E-state index < -0.39 is 0 Å². The number of benzene rings is 1. The molecule has 0 aliphatic heterocycles. The van der Waals surface area contributed by atoms with Gasteiger partial charge in [-0.25, -0.2) is 9.67 Å². The molecule has 0 aliphatic carbocycles. The zero-order valence-corrected chi connectivity index (χ0v) is 15.0. The van der Waals surface area contributed by atoms with Gasteiger partial charge in [-0.2, -0.15) is 0 Å². The van der Waals surface area contributed by atoms with Crippen LogP contribution in [0.5, 0.6) is 0 Å². The highest BCUT2D eigenvalue weighted by Crippen LogP contribution is 2.18. The maximum Gasteiger partial charge on any atom is 0.222 e. The zero-order valence-electron chi connectivity index (χ0n) is 15.0. The van der Waals surface area contributed by atoms with Crippen LogP contribution in [0.25, 0.3) is 0 Å². The molecule has 0 saturated heterocycles. The number of carbonyl (C=O) groups is 1. The van der Waals surface area contributed by atoms with Gasteiger partial charge in [0.2, 0.25) is 5.91 Å². The Morgan fingerprint density at radius 2 is 1.96 bits per heavy atom. The van der Waals surface area contributed by atoms with Crippen molar-refractivity contribution in [3.63, 3.8) is 0 Å². The Kier molecular flexibility index (Phi) is 5.73. The molecule has 3 aromatic rings. The molecular formula is C18H23N7O. The Morgan fingerprint density at radius 1 is 1.15 bits per heavy atom. The van der Waals surface area contributed by atoms with Crippen LogP contribution < -0.4 is 5.32 Å². The number of imidazole rings is 1. The molecular weight excluding hydrogens is 330 g/mol. The van der Waals surface area contributed by atoms with Crippen LogP contribution >= 0.6 is 0 Å². The summed E-state index contributed by atoms with van der Waals surface area (Å²) in [5, 5.41) is 14.4. The van der Waals surface area contributed by atoms with Crippen LogP contribution in [0.4, 0.5) is 0 Å². The zero-order chi connectivity index (χ0) is 18.4. The number of aromatic nitrogens is 6. The van der Waals surface area contributed by atoms with Crippen molar-refractivity contribution < 1.29 is 4.79 Å². The van der Waals surface area contributed by atoms with Crippen LogP contribution in [0.2, 0.25) is 0 Å². The maximum atomic E-state index is 12.4. The lowest BCUT2D eigenvalue weighted by atomic mass is 10.0. The second-order valence-corrected chi connectivity index (χ2v) is 6.19. The van der Waals surface area contributed by atoms with E-state index in [1.807, 2.05) is 50.4 Å². The number of amides is 1. The normalized spacial score (nSPS) is 12.1. The molecule has 26 heavy (non-hydrogen) atoms. The van der Waals surface area contributed by atoms with Gasteiger partial charge in [0.1, 0.15) is 11.6 Å². The Bertz CT molecular complexity index is 840. The summed E-state index contributed by atoms with van der Waals surface area (Å²) in [4.78, 5) is 16.7. The first-order valence-corrected chi connectivity index (χ1v) is 8.68. The fourth-order valence-corrected chi connectivity index (χ4v) is 2.85. The van der Waals surface area contributed by atoms with Crippen LogP contribution in [-0.4, -0.2) is 35.7 Å². The third kappa shape index (κ3) is 4.53. The lowest BCUT2D eigenvalue weighted by Crippen LogP contribution is -2.30. The number of nitrogens with one attached hydrogen (secondary N) is 1. The average Bonchev–Trinajstić information content (AvgIpc) is 3.25. The van der Waals surface area contributed by atoms with Crippen LogP contribution in [0, 0.1) is 13.8 Å². The molecule has 136 valence electrons. The van der Waals surface area contributed by atoms with E-state index in [2.05, 4.69) is 30.4 Å². The van der Waals surface area contributed by atoms with Crippen molar-refractivity contribution in [1.29, 1.82) is 0 Å². The van der Waals surface area contributed by atoms with Crippen LogP contribution in [0.1, 0.15) is 36.1 Å². The molecule has 1 atom stereocenters. The Hall–Kier alpha value is -3.03. The van der Waals surface area contributed by atoms with Gasteiger partial charge in [-0.3, -0.25) is 4.79 Å². The summed E-state index contributed by atoms with van der Waals surface area (Å²) < 4.78 is 3.72. The van der Waals surface area contributed by atoms with Gasteiger partial charge in [-0.05, 0) is 36.3 Å². The number of nitrogens with zero attached hydrogens (tertiary/aromatic N) is 6. The highest BCUT2D eigenvalue weighted by atomic mass is 16.1. The van der Waals surface area contributed by atoms with Crippen molar-refractivity contribution in [2.75, 3.05) is 0 Å². The fraction of sp³-hybridized carbons (Fsp3) is 0.389. The summed E-state index contributed by atoms with van der Waals surface area (Å²) in [6, 6.07) is 9.97. The second kappa shape index (κ2) is 8.37. The number of tetrazole rings is 1. The van der Waals surface area contributed by atoms with E-state index >= 15 is 0 Å². The molecule has 0 fully saturated rings. The number of hydrogen-bond acceptors (Lipinski definition) is 5. The first-order chi connectivity index (χ1) is 12.6. The molecule has 0 aliphatic rings. The maximum absolute atomic E-state index is 12.4. The molecule has 1 unspecified atom stereocenters. The minimum Gasteiger partial charge on any atom is -0.349 e. The molecule has 8 heteroatoms. The first kappa shape index (κ1) is 17.8. The summed E-state index contributed by atoms with van der Waals surface area (Å²) >= 11 is 0. The van der Waals surface area contributed by atoms with Crippen molar-refractivity contribution in [2.45, 2.75) is 45.8 Å². The molecule has 0 spiro atoms. The van der Waals surface area contributed by atoms with Gasteiger partial charge >= 0.3 is 0 Å². The third-order valence-electron chi connectivity index (χ3n) is 4.38. The van der Waals surface area contributed by atoms with Gasteiger partial charge in [-0.15, -0.1) is 5.10 Å². The standard InChI is InChI=1S/C18H23N7O/c1-14-19-10-13-24(14)11-8-17(16-6-4-3-5-7-16)20-18(26)9-12-25-15(2)21-22-23-25/h3-7,10,13,17H,8-9,11-12H2,1-2H3,(H,20,26). The van der Waals surface area contributed by atoms with E-state index in [4.69, 9.17) is 0 Å². The minimum atomic E-state index is -0.0551. The number of rotatable bonds is 8. The second-order valence-electron chi connectivity index (χ2n) is 6.19. The van der Waals surface area contributed by atoms with E-state index in [1.54, 1.807) is 10.9 Å². The van der Waals surface area contributed by atoms with Crippen molar-refractivity contribution >= 4 is 5.91 Å². The fourth-order valence-electron chi connectivity index (χ4n) is 2.85. The Balaban J connectivity index is 1.62. The summed E-state index contributed by atoms with van der Waals surface area (Å²) in [5.41, 5.74) is 1.09. The molecule has 1 amide bonds. The molecule has 1 aromatic carbocycles. The minimum absolute atomic E-state index is 0.0175. The van der Waals surface area contributed by atoms with Crippen molar-refractivity contribution in [3.8, 4) is 0 Å². The number of aryl methyl sites for hydroxylation is 4. The molecule has 2 heterocycles. The Morgan fingerprint density at radius 3 is 2.62 bits per heavy atom. The SMILES string of the molecule is Cc1nccn1CCC(NC(=O)CCn1nnnc1C)c1ccccc1. The lowest BCUT2D eigenvalue weighted by molar-refractivity contribution is -0.122. The average molecular weight is 353 g/mol. The van der Waals surface area contributed by atoms with Gasteiger partial charge in [0.25, 0.3) is 0 Å². The Labute approximate surface area is 152 Å². The van der Waals surface area contributed by atoms with E-state index in [1.165, 1.54) is 0 Å².